The van der Waals surface area contributed by atoms with Gasteiger partial charge in [0.25, 0.3) is 0 Å². The molecule has 6 saturated carbocycles. The summed E-state index contributed by atoms with van der Waals surface area (Å²) in [5, 5.41) is 0. The fraction of sp³-hybridized carbons (Fsp3) is 0.906. The van der Waals surface area contributed by atoms with Crippen molar-refractivity contribution < 1.29 is 0 Å². The van der Waals surface area contributed by atoms with E-state index in [2.05, 4.69) is 135 Å². The third kappa shape index (κ3) is 9.46. The monoisotopic (exact) mass is 879 g/mol. The van der Waals surface area contributed by atoms with E-state index < -0.39 is 0 Å². The number of rotatable bonds is 13. The summed E-state index contributed by atoms with van der Waals surface area (Å²) >= 11 is 0. The fourth-order valence-electron chi connectivity index (χ4n) is 19.4. The van der Waals surface area contributed by atoms with Crippen LogP contribution in [0.5, 0.6) is 0 Å². The second-order valence-electron chi connectivity index (χ2n) is 28.0. The maximum Gasteiger partial charge on any atom is -0.00851 e. The van der Waals surface area contributed by atoms with Crippen molar-refractivity contribution in [3.8, 4) is 0 Å². The van der Waals surface area contributed by atoms with E-state index >= 15 is 0 Å². The topological polar surface area (TPSA) is 0 Å². The molecule has 18 atom stereocenters. The van der Waals surface area contributed by atoms with Gasteiger partial charge in [-0.15, -0.1) is 0 Å². The molecule has 0 spiro atoms. The van der Waals surface area contributed by atoms with Gasteiger partial charge >= 0.3 is 0 Å². The highest BCUT2D eigenvalue weighted by Crippen LogP contribution is 2.69. The lowest BCUT2D eigenvalue weighted by Crippen LogP contribution is -2.50. The third-order valence-corrected chi connectivity index (χ3v) is 24.1. The van der Waals surface area contributed by atoms with Crippen LogP contribution in [-0.2, 0) is 0 Å². The Labute approximate surface area is 401 Å². The summed E-state index contributed by atoms with van der Waals surface area (Å²) < 4.78 is 0. The zero-order chi connectivity index (χ0) is 46.5. The summed E-state index contributed by atoms with van der Waals surface area (Å²) in [5.74, 6) is 16.2. The van der Waals surface area contributed by atoms with E-state index in [-0.39, 0.29) is 0 Å². The summed E-state index contributed by atoms with van der Waals surface area (Å²) in [6.45, 7) is 40.2. The number of allylic oxidation sites excluding steroid dienone is 6. The Morgan fingerprint density at radius 2 is 1.00 bits per heavy atom. The normalized spacial score (nSPS) is 43.6. The molecule has 366 valence electrons. The SMILES string of the molecule is CC[C@H](/C=C/[C@@H](C)[C@H]1CC[C@H]2[C@@H]3CC=C4C[C@@H](C(C)C)CC[C@]4(C)[C@H]3CC[C@]12C)C(C)C.CC[C@H](CC[C@@H](C)[C@H]1CC[C@H]2[C@@H]3CC=C4C[C@@H](C(C)C)CC[C@]4(C)[C@H]3CC[C@]12C)C(C)C. The van der Waals surface area contributed by atoms with Crippen molar-refractivity contribution in [1.82, 2.24) is 0 Å². The van der Waals surface area contributed by atoms with Crippen LogP contribution in [0.4, 0.5) is 0 Å². The van der Waals surface area contributed by atoms with Gasteiger partial charge in [0.1, 0.15) is 0 Å². The number of fused-ring (bicyclic) bond motifs is 10. The lowest BCUT2D eigenvalue weighted by atomic mass is 9.46. The first-order valence-electron chi connectivity index (χ1n) is 29.3. The first-order valence-corrected chi connectivity index (χ1v) is 29.3. The van der Waals surface area contributed by atoms with Crippen LogP contribution in [0.3, 0.4) is 0 Å². The van der Waals surface area contributed by atoms with Crippen molar-refractivity contribution >= 4 is 0 Å². The van der Waals surface area contributed by atoms with Gasteiger partial charge in [-0.05, 0) is 244 Å². The molecule has 0 nitrogen and oxygen atoms in total. The Kier molecular flexibility index (Phi) is 16.2. The van der Waals surface area contributed by atoms with Gasteiger partial charge in [-0.25, -0.2) is 0 Å². The summed E-state index contributed by atoms with van der Waals surface area (Å²) in [7, 11) is 0. The van der Waals surface area contributed by atoms with Crippen LogP contribution < -0.4 is 0 Å². The van der Waals surface area contributed by atoms with Gasteiger partial charge < -0.3 is 0 Å². The van der Waals surface area contributed by atoms with E-state index in [1.807, 2.05) is 11.1 Å². The Bertz CT molecular complexity index is 1620. The molecule has 0 aromatic heterocycles. The number of hydrogen-bond acceptors (Lipinski definition) is 0. The molecule has 0 radical (unpaired) electrons. The molecule has 6 fully saturated rings. The molecule has 0 aromatic rings. The van der Waals surface area contributed by atoms with E-state index in [1.54, 1.807) is 0 Å². The summed E-state index contributed by atoms with van der Waals surface area (Å²) in [6.07, 6.45) is 39.9. The van der Waals surface area contributed by atoms with Gasteiger partial charge in [-0.1, -0.05) is 159 Å². The van der Waals surface area contributed by atoms with Gasteiger partial charge in [0.2, 0.25) is 0 Å². The van der Waals surface area contributed by atoms with Crippen molar-refractivity contribution in [1.29, 1.82) is 0 Å². The second kappa shape index (κ2) is 20.3. The van der Waals surface area contributed by atoms with E-state index in [0.29, 0.717) is 21.7 Å². The molecule has 0 heteroatoms. The number of hydrogen-bond donors (Lipinski definition) is 0. The average Bonchev–Trinajstić information content (AvgIpc) is 3.80. The molecule has 0 unspecified atom stereocenters. The summed E-state index contributed by atoms with van der Waals surface area (Å²) in [6, 6.07) is 0. The highest BCUT2D eigenvalue weighted by Gasteiger charge is 2.61. The predicted molar refractivity (Wildman–Crippen MR) is 281 cm³/mol. The molecule has 0 saturated heterocycles. The van der Waals surface area contributed by atoms with Crippen molar-refractivity contribution in [2.24, 2.45) is 128 Å². The van der Waals surface area contributed by atoms with E-state index in [0.717, 1.165) is 107 Å². The highest BCUT2D eigenvalue weighted by atomic mass is 14.7. The van der Waals surface area contributed by atoms with Gasteiger partial charge in [0, 0.05) is 0 Å². The Morgan fingerprint density at radius 1 is 0.516 bits per heavy atom. The van der Waals surface area contributed by atoms with E-state index in [9.17, 15) is 0 Å². The molecule has 8 rings (SSSR count). The smallest absolute Gasteiger partial charge is 0.00851 e. The van der Waals surface area contributed by atoms with Crippen molar-refractivity contribution in [3.05, 3.63) is 35.5 Å². The molecule has 0 amide bonds. The lowest BCUT2D eigenvalue weighted by Gasteiger charge is -2.59. The van der Waals surface area contributed by atoms with Crippen LogP contribution in [0.1, 0.15) is 239 Å². The van der Waals surface area contributed by atoms with Crippen molar-refractivity contribution in [2.45, 2.75) is 239 Å². The molecule has 8 aliphatic rings. The largest absolute Gasteiger partial charge is 0.0851 e. The van der Waals surface area contributed by atoms with Gasteiger partial charge in [0.15, 0.2) is 0 Å². The second-order valence-corrected chi connectivity index (χ2v) is 28.0. The van der Waals surface area contributed by atoms with Crippen LogP contribution in [-0.4, -0.2) is 0 Å². The zero-order valence-corrected chi connectivity index (χ0v) is 45.8. The van der Waals surface area contributed by atoms with Gasteiger partial charge in [-0.3, -0.25) is 0 Å². The Hall–Kier alpha value is -0.780. The molecular formula is C64H110. The van der Waals surface area contributed by atoms with Crippen LogP contribution in [0.2, 0.25) is 0 Å². The van der Waals surface area contributed by atoms with Crippen molar-refractivity contribution in [3.63, 3.8) is 0 Å². The molecule has 0 heterocycles. The van der Waals surface area contributed by atoms with Crippen LogP contribution in [0.15, 0.2) is 35.5 Å². The minimum absolute atomic E-state index is 0.519. The maximum atomic E-state index is 2.78. The molecular weight excluding hydrogens is 769 g/mol. The molecule has 0 N–H and O–H groups in total. The minimum Gasteiger partial charge on any atom is -0.0851 e. The fourth-order valence-corrected chi connectivity index (χ4v) is 19.4. The summed E-state index contributed by atoms with van der Waals surface area (Å²) in [5.41, 5.74) is 6.00. The van der Waals surface area contributed by atoms with Gasteiger partial charge in [-0.2, -0.15) is 0 Å². The molecule has 8 aliphatic carbocycles. The summed E-state index contributed by atoms with van der Waals surface area (Å²) in [4.78, 5) is 0. The van der Waals surface area contributed by atoms with Crippen molar-refractivity contribution in [2.75, 3.05) is 0 Å². The molecule has 0 aliphatic heterocycles. The van der Waals surface area contributed by atoms with E-state index in [1.165, 1.54) is 128 Å². The standard InChI is InChI=1S/C32H56.C32H54/c2*1-9-24(21(2)3)11-10-23(6)28-14-15-29-27-13-12-26-20-25(22(4)5)16-18-31(26,7)30(27)17-19-32(28,29)8/h12,21-25,27-30H,9-11,13-20H2,1-8H3;10-12,21-25,27-30H,9,13-20H2,1-8H3/b;11-10+/t2*23-,24-,25+,27+,28-,29+,30+,31+,32-/m11/s1. The molecule has 64 heavy (non-hydrogen) atoms. The van der Waals surface area contributed by atoms with Crippen LogP contribution in [0.25, 0.3) is 0 Å². The first-order chi connectivity index (χ1) is 30.2. The average molecular weight is 880 g/mol. The first kappa shape index (κ1) is 51.1. The van der Waals surface area contributed by atoms with Crippen LogP contribution >= 0.6 is 0 Å². The lowest BCUT2D eigenvalue weighted by molar-refractivity contribution is -0.0541. The predicted octanol–water partition coefficient (Wildman–Crippen LogP) is 19.6. The maximum absolute atomic E-state index is 2.78. The highest BCUT2D eigenvalue weighted by molar-refractivity contribution is 5.27. The third-order valence-electron chi connectivity index (χ3n) is 24.1. The molecule has 0 bridgehead atoms. The Morgan fingerprint density at radius 3 is 1.44 bits per heavy atom. The minimum atomic E-state index is 0.519. The molecule has 0 aromatic carbocycles. The zero-order valence-electron chi connectivity index (χ0n) is 45.8. The Balaban J connectivity index is 0.000000191. The van der Waals surface area contributed by atoms with Gasteiger partial charge in [0.05, 0.1) is 0 Å². The van der Waals surface area contributed by atoms with Crippen LogP contribution in [0, 0.1) is 128 Å². The van der Waals surface area contributed by atoms with E-state index in [4.69, 9.17) is 0 Å². The quantitative estimate of drug-likeness (QED) is 0.162.